The van der Waals surface area contributed by atoms with Crippen LogP contribution in [0.25, 0.3) is 0 Å². The van der Waals surface area contributed by atoms with Crippen LogP contribution in [0.2, 0.25) is 0 Å². The van der Waals surface area contributed by atoms with Crippen LogP contribution in [-0.2, 0) is 0 Å². The van der Waals surface area contributed by atoms with Gasteiger partial charge in [0.05, 0.1) is 0 Å². The molecule has 0 spiro atoms. The van der Waals surface area contributed by atoms with Crippen molar-refractivity contribution in [2.45, 2.75) is 109 Å². The Morgan fingerprint density at radius 3 is 2.03 bits per heavy atom. The van der Waals surface area contributed by atoms with Gasteiger partial charge in [-0.25, -0.2) is 4.39 Å². The van der Waals surface area contributed by atoms with Gasteiger partial charge >= 0.3 is 0 Å². The van der Waals surface area contributed by atoms with Crippen molar-refractivity contribution in [2.24, 2.45) is 29.6 Å². The average molecular weight is 399 g/mol. The smallest absolute Gasteiger partial charge is 0.123 e. The highest BCUT2D eigenvalue weighted by Gasteiger charge is 2.38. The third-order valence-corrected chi connectivity index (χ3v) is 9.01. The first-order valence-corrected chi connectivity index (χ1v) is 13.0. The summed E-state index contributed by atoms with van der Waals surface area (Å²) in [6.07, 6.45) is 21.9. The fourth-order valence-corrected chi connectivity index (χ4v) is 7.23. The van der Waals surface area contributed by atoms with E-state index in [4.69, 9.17) is 0 Å². The van der Waals surface area contributed by atoms with Crippen molar-refractivity contribution < 1.29 is 4.39 Å². The Balaban J connectivity index is 1.20. The van der Waals surface area contributed by atoms with Gasteiger partial charge in [0, 0.05) is 0 Å². The molecule has 0 bridgehead atoms. The van der Waals surface area contributed by atoms with Gasteiger partial charge in [0.2, 0.25) is 0 Å². The van der Waals surface area contributed by atoms with Gasteiger partial charge in [0.1, 0.15) is 5.82 Å². The van der Waals surface area contributed by atoms with Gasteiger partial charge in [-0.3, -0.25) is 0 Å². The molecule has 0 heterocycles. The second kappa shape index (κ2) is 10.5. The number of unbranched alkanes of at least 4 members (excludes halogenated alkanes) is 3. The SMILES string of the molecule is CCCCCCC1CCC2CC(C3CCC(c4ccc(F)cc4)CC3)CCC2C1. The zero-order chi connectivity index (χ0) is 20.1. The van der Waals surface area contributed by atoms with Crippen molar-refractivity contribution in [2.75, 3.05) is 0 Å². The summed E-state index contributed by atoms with van der Waals surface area (Å²) < 4.78 is 13.2. The standard InChI is InChI=1S/C28H43F/c1-2-3-4-5-6-21-7-8-27-20-26(14-13-25(27)19-21)24-11-9-22(10-12-24)23-15-17-28(29)18-16-23/h15-18,21-22,24-27H,2-14,19-20H2,1H3. The van der Waals surface area contributed by atoms with Gasteiger partial charge in [-0.2, -0.15) is 0 Å². The summed E-state index contributed by atoms with van der Waals surface area (Å²) in [7, 11) is 0. The van der Waals surface area contributed by atoms with Crippen molar-refractivity contribution in [1.29, 1.82) is 0 Å². The molecule has 1 heteroatoms. The number of benzene rings is 1. The van der Waals surface area contributed by atoms with E-state index in [-0.39, 0.29) is 5.82 Å². The Bertz CT molecular complexity index is 597. The largest absolute Gasteiger partial charge is 0.207 e. The zero-order valence-electron chi connectivity index (χ0n) is 18.8. The molecule has 4 unspecified atom stereocenters. The molecule has 4 atom stereocenters. The Morgan fingerprint density at radius 2 is 1.31 bits per heavy atom. The lowest BCUT2D eigenvalue weighted by Gasteiger charge is -2.45. The fourth-order valence-electron chi connectivity index (χ4n) is 7.23. The molecule has 1 aromatic rings. The molecule has 3 saturated carbocycles. The molecule has 1 aromatic carbocycles. The first-order chi connectivity index (χ1) is 14.2. The molecule has 0 aromatic heterocycles. The quantitative estimate of drug-likeness (QED) is 0.402. The maximum atomic E-state index is 13.2. The summed E-state index contributed by atoms with van der Waals surface area (Å²) in [6.45, 7) is 2.32. The molecular weight excluding hydrogens is 355 g/mol. The Kier molecular flexibility index (Phi) is 7.71. The lowest BCUT2D eigenvalue weighted by molar-refractivity contribution is 0.0613. The summed E-state index contributed by atoms with van der Waals surface area (Å²) in [5.41, 5.74) is 1.37. The van der Waals surface area contributed by atoms with E-state index in [0.717, 1.165) is 29.6 Å². The van der Waals surface area contributed by atoms with Gasteiger partial charge in [0.25, 0.3) is 0 Å². The van der Waals surface area contributed by atoms with Crippen LogP contribution < -0.4 is 0 Å². The molecule has 0 aliphatic heterocycles. The highest BCUT2D eigenvalue weighted by molar-refractivity contribution is 5.21. The van der Waals surface area contributed by atoms with Crippen LogP contribution in [0.1, 0.15) is 115 Å². The number of halogens is 1. The van der Waals surface area contributed by atoms with E-state index in [1.165, 1.54) is 89.0 Å². The molecule has 4 rings (SSSR count). The van der Waals surface area contributed by atoms with Gasteiger partial charge < -0.3 is 0 Å². The van der Waals surface area contributed by atoms with Gasteiger partial charge in [-0.05, 0) is 111 Å². The van der Waals surface area contributed by atoms with E-state index in [1.54, 1.807) is 25.0 Å². The van der Waals surface area contributed by atoms with Crippen molar-refractivity contribution in [3.63, 3.8) is 0 Å². The normalized spacial score (nSPS) is 35.2. The molecule has 162 valence electrons. The maximum Gasteiger partial charge on any atom is 0.123 e. The van der Waals surface area contributed by atoms with E-state index in [1.807, 2.05) is 12.1 Å². The molecular formula is C28H43F. The van der Waals surface area contributed by atoms with Gasteiger partial charge in [-0.15, -0.1) is 0 Å². The number of hydrogen-bond donors (Lipinski definition) is 0. The third-order valence-electron chi connectivity index (χ3n) is 9.01. The van der Waals surface area contributed by atoms with E-state index in [0.29, 0.717) is 5.92 Å². The topological polar surface area (TPSA) is 0 Å². The van der Waals surface area contributed by atoms with Crippen LogP contribution in [0, 0.1) is 35.4 Å². The lowest BCUT2D eigenvalue weighted by atomic mass is 9.60. The first-order valence-electron chi connectivity index (χ1n) is 13.0. The molecule has 3 aliphatic carbocycles. The second-order valence-corrected chi connectivity index (χ2v) is 10.8. The molecule has 0 saturated heterocycles. The van der Waals surface area contributed by atoms with Gasteiger partial charge in [0.15, 0.2) is 0 Å². The van der Waals surface area contributed by atoms with Crippen molar-refractivity contribution in [1.82, 2.24) is 0 Å². The zero-order valence-corrected chi connectivity index (χ0v) is 18.8. The number of hydrogen-bond acceptors (Lipinski definition) is 0. The third kappa shape index (κ3) is 5.65. The van der Waals surface area contributed by atoms with Crippen LogP contribution in [0.15, 0.2) is 24.3 Å². The second-order valence-electron chi connectivity index (χ2n) is 10.8. The predicted octanol–water partition coefficient (Wildman–Crippen LogP) is 8.90. The van der Waals surface area contributed by atoms with Crippen LogP contribution in [0.3, 0.4) is 0 Å². The monoisotopic (exact) mass is 398 g/mol. The summed E-state index contributed by atoms with van der Waals surface area (Å²) in [6, 6.07) is 7.32. The summed E-state index contributed by atoms with van der Waals surface area (Å²) in [5.74, 6) is 5.71. The van der Waals surface area contributed by atoms with E-state index >= 15 is 0 Å². The molecule has 0 nitrogen and oxygen atoms in total. The minimum absolute atomic E-state index is 0.102. The van der Waals surface area contributed by atoms with Crippen LogP contribution >= 0.6 is 0 Å². The minimum atomic E-state index is -0.102. The van der Waals surface area contributed by atoms with Crippen molar-refractivity contribution in [3.8, 4) is 0 Å². The van der Waals surface area contributed by atoms with E-state index in [2.05, 4.69) is 6.92 Å². The summed E-state index contributed by atoms with van der Waals surface area (Å²) in [4.78, 5) is 0. The first kappa shape index (κ1) is 21.4. The number of rotatable bonds is 7. The number of fused-ring (bicyclic) bond motifs is 1. The maximum absolute atomic E-state index is 13.2. The van der Waals surface area contributed by atoms with Crippen molar-refractivity contribution in [3.05, 3.63) is 35.6 Å². The molecule has 0 amide bonds. The summed E-state index contributed by atoms with van der Waals surface area (Å²) >= 11 is 0. The minimum Gasteiger partial charge on any atom is -0.207 e. The van der Waals surface area contributed by atoms with E-state index in [9.17, 15) is 4.39 Å². The Labute approximate surface area is 179 Å². The fraction of sp³-hybridized carbons (Fsp3) is 0.786. The Hall–Kier alpha value is -0.850. The molecule has 0 radical (unpaired) electrons. The van der Waals surface area contributed by atoms with Crippen molar-refractivity contribution >= 4 is 0 Å². The molecule has 29 heavy (non-hydrogen) atoms. The van der Waals surface area contributed by atoms with Crippen LogP contribution in [0.4, 0.5) is 4.39 Å². The molecule has 0 N–H and O–H groups in total. The highest BCUT2D eigenvalue weighted by Crippen LogP contribution is 2.50. The van der Waals surface area contributed by atoms with Crippen LogP contribution in [-0.4, -0.2) is 0 Å². The summed E-state index contributed by atoms with van der Waals surface area (Å²) in [5, 5.41) is 0. The van der Waals surface area contributed by atoms with E-state index < -0.39 is 0 Å². The average Bonchev–Trinajstić information content (AvgIpc) is 2.77. The lowest BCUT2D eigenvalue weighted by Crippen LogP contribution is -2.34. The molecule has 3 aliphatic rings. The Morgan fingerprint density at radius 1 is 0.690 bits per heavy atom. The van der Waals surface area contributed by atoms with Crippen LogP contribution in [0.5, 0.6) is 0 Å². The highest BCUT2D eigenvalue weighted by atomic mass is 19.1. The molecule has 3 fully saturated rings. The van der Waals surface area contributed by atoms with Gasteiger partial charge in [-0.1, -0.05) is 57.6 Å². The predicted molar refractivity (Wildman–Crippen MR) is 122 cm³/mol.